The van der Waals surface area contributed by atoms with Gasteiger partial charge in [-0.05, 0) is 24.6 Å². The number of thioether (sulfide) groups is 1. The Bertz CT molecular complexity index is 613. The monoisotopic (exact) mass is 302 g/mol. The maximum absolute atomic E-state index is 5.78. The average molecular weight is 302 g/mol. The molecule has 4 heteroatoms. The van der Waals surface area contributed by atoms with Crippen molar-refractivity contribution in [2.45, 2.75) is 16.6 Å². The normalized spacial score (nSPS) is 16.8. The second kappa shape index (κ2) is 6.31. The highest BCUT2D eigenvalue weighted by molar-refractivity contribution is 7.99. The molecule has 0 radical (unpaired) electrons. The van der Waals surface area contributed by atoms with Crippen LogP contribution in [0.3, 0.4) is 0 Å². The highest BCUT2D eigenvalue weighted by Gasteiger charge is 2.25. The first-order valence-electron chi connectivity index (χ1n) is 6.92. The minimum atomic E-state index is 0.371. The van der Waals surface area contributed by atoms with Crippen LogP contribution >= 0.6 is 11.8 Å². The zero-order valence-electron chi connectivity index (χ0n) is 12.2. The summed E-state index contributed by atoms with van der Waals surface area (Å²) in [6.07, 6.45) is 0.988. The molecule has 2 aromatic carbocycles. The van der Waals surface area contributed by atoms with Crippen molar-refractivity contribution in [2.24, 2.45) is 0 Å². The Kier molecular flexibility index (Phi) is 4.25. The summed E-state index contributed by atoms with van der Waals surface area (Å²) < 4.78 is 16.5. The van der Waals surface area contributed by atoms with Crippen molar-refractivity contribution in [2.75, 3.05) is 20.8 Å². The quantitative estimate of drug-likeness (QED) is 0.840. The fraction of sp³-hybridized carbons (Fsp3) is 0.294. The Hall–Kier alpha value is -1.81. The number of rotatable bonds is 4. The van der Waals surface area contributed by atoms with Gasteiger partial charge in [0.05, 0.1) is 20.8 Å². The lowest BCUT2D eigenvalue weighted by atomic mass is 10.0. The first kappa shape index (κ1) is 14.1. The van der Waals surface area contributed by atoms with Crippen LogP contribution in [0.1, 0.15) is 17.2 Å². The van der Waals surface area contributed by atoms with Crippen LogP contribution in [0.2, 0.25) is 0 Å². The van der Waals surface area contributed by atoms with Gasteiger partial charge in [0.2, 0.25) is 0 Å². The molecule has 0 saturated heterocycles. The molecule has 0 bridgehead atoms. The molecule has 0 amide bonds. The summed E-state index contributed by atoms with van der Waals surface area (Å²) in [4.78, 5) is 1.27. The summed E-state index contributed by atoms with van der Waals surface area (Å²) in [5, 5.41) is 0.371. The van der Waals surface area contributed by atoms with Crippen LogP contribution in [0.25, 0.3) is 0 Å². The summed E-state index contributed by atoms with van der Waals surface area (Å²) in [5.41, 5.74) is 1.17. The highest BCUT2D eigenvalue weighted by Crippen LogP contribution is 2.47. The van der Waals surface area contributed by atoms with Crippen LogP contribution in [-0.4, -0.2) is 20.8 Å². The molecule has 2 aromatic rings. The van der Waals surface area contributed by atoms with E-state index in [-0.39, 0.29) is 0 Å². The van der Waals surface area contributed by atoms with Crippen molar-refractivity contribution in [1.29, 1.82) is 0 Å². The third kappa shape index (κ3) is 2.95. The van der Waals surface area contributed by atoms with E-state index in [2.05, 4.69) is 24.3 Å². The number of hydrogen-bond acceptors (Lipinski definition) is 4. The Morgan fingerprint density at radius 2 is 1.76 bits per heavy atom. The van der Waals surface area contributed by atoms with Crippen molar-refractivity contribution in [1.82, 2.24) is 0 Å². The molecule has 110 valence electrons. The van der Waals surface area contributed by atoms with E-state index in [1.54, 1.807) is 14.2 Å². The number of hydrogen-bond donors (Lipinski definition) is 0. The highest BCUT2D eigenvalue weighted by atomic mass is 32.2. The third-order valence-corrected chi connectivity index (χ3v) is 4.84. The minimum absolute atomic E-state index is 0.371. The predicted molar refractivity (Wildman–Crippen MR) is 84.7 cm³/mol. The summed E-state index contributed by atoms with van der Waals surface area (Å²) in [7, 11) is 3.30. The molecule has 0 aliphatic carbocycles. The van der Waals surface area contributed by atoms with E-state index >= 15 is 0 Å². The molecule has 1 atom stereocenters. The van der Waals surface area contributed by atoms with Crippen molar-refractivity contribution in [3.05, 3.63) is 48.0 Å². The lowest BCUT2D eigenvalue weighted by Gasteiger charge is -2.26. The first-order chi connectivity index (χ1) is 10.3. The number of benzene rings is 2. The maximum Gasteiger partial charge on any atom is 0.164 e. The van der Waals surface area contributed by atoms with E-state index in [0.717, 1.165) is 24.5 Å². The van der Waals surface area contributed by atoms with Crippen LogP contribution in [-0.2, 0) is 0 Å². The molecule has 3 nitrogen and oxygen atoms in total. The topological polar surface area (TPSA) is 27.7 Å². The van der Waals surface area contributed by atoms with Gasteiger partial charge in [-0.2, -0.15) is 0 Å². The Morgan fingerprint density at radius 3 is 2.48 bits per heavy atom. The fourth-order valence-electron chi connectivity index (χ4n) is 2.47. The molecular weight excluding hydrogens is 284 g/mol. The van der Waals surface area contributed by atoms with Crippen molar-refractivity contribution < 1.29 is 14.2 Å². The molecule has 0 fully saturated rings. The van der Waals surface area contributed by atoms with Gasteiger partial charge in [0.25, 0.3) is 0 Å². The van der Waals surface area contributed by atoms with Gasteiger partial charge in [-0.1, -0.05) is 18.2 Å². The molecule has 1 heterocycles. The van der Waals surface area contributed by atoms with Crippen molar-refractivity contribution in [3.8, 4) is 17.2 Å². The van der Waals surface area contributed by atoms with Crippen molar-refractivity contribution in [3.63, 3.8) is 0 Å². The second-order valence-corrected chi connectivity index (χ2v) is 6.08. The van der Waals surface area contributed by atoms with Gasteiger partial charge < -0.3 is 14.2 Å². The first-order valence-corrected chi connectivity index (χ1v) is 7.80. The zero-order valence-corrected chi connectivity index (χ0v) is 13.0. The number of fused-ring (bicyclic) bond motifs is 1. The number of methoxy groups -OCH3 is 2. The van der Waals surface area contributed by atoms with Crippen LogP contribution in [0, 0.1) is 0 Å². The molecule has 0 spiro atoms. The molecule has 0 saturated carbocycles. The molecule has 0 aromatic heterocycles. The van der Waals surface area contributed by atoms with E-state index in [1.807, 2.05) is 30.0 Å². The minimum Gasteiger partial charge on any atom is -0.493 e. The molecular formula is C17H18O3S. The van der Waals surface area contributed by atoms with Gasteiger partial charge in [0.1, 0.15) is 5.75 Å². The van der Waals surface area contributed by atoms with Crippen LogP contribution in [0.15, 0.2) is 47.4 Å². The lowest BCUT2D eigenvalue weighted by molar-refractivity contribution is 0.281. The summed E-state index contributed by atoms with van der Waals surface area (Å²) in [6.45, 7) is 0.729. The molecule has 0 N–H and O–H groups in total. The smallest absolute Gasteiger partial charge is 0.164 e. The van der Waals surface area contributed by atoms with E-state index in [4.69, 9.17) is 14.2 Å². The van der Waals surface area contributed by atoms with Gasteiger partial charge in [-0.3, -0.25) is 0 Å². The van der Waals surface area contributed by atoms with Gasteiger partial charge >= 0.3 is 0 Å². The molecule has 1 unspecified atom stereocenters. The van der Waals surface area contributed by atoms with Gasteiger partial charge in [0.15, 0.2) is 11.5 Å². The predicted octanol–water partition coefficient (Wildman–Crippen LogP) is 4.32. The SMILES string of the molecule is COc1cc2c(cc1OC)C(Sc1ccccc1)CCO2. The Balaban J connectivity index is 1.93. The standard InChI is InChI=1S/C17H18O3S/c1-18-15-10-13-14(11-16(15)19-2)20-9-8-17(13)21-12-6-4-3-5-7-12/h3-7,10-11,17H,8-9H2,1-2H3. The van der Waals surface area contributed by atoms with Crippen LogP contribution in [0.5, 0.6) is 17.2 Å². The van der Waals surface area contributed by atoms with Gasteiger partial charge in [0, 0.05) is 21.8 Å². The zero-order chi connectivity index (χ0) is 14.7. The van der Waals surface area contributed by atoms with E-state index in [1.165, 1.54) is 10.5 Å². The summed E-state index contributed by atoms with van der Waals surface area (Å²) in [6, 6.07) is 14.4. The Labute approximate surface area is 129 Å². The molecule has 21 heavy (non-hydrogen) atoms. The van der Waals surface area contributed by atoms with E-state index in [0.29, 0.717) is 11.0 Å². The van der Waals surface area contributed by atoms with E-state index < -0.39 is 0 Å². The molecule has 3 rings (SSSR count). The van der Waals surface area contributed by atoms with E-state index in [9.17, 15) is 0 Å². The van der Waals surface area contributed by atoms with Crippen molar-refractivity contribution >= 4 is 11.8 Å². The maximum atomic E-state index is 5.78. The third-order valence-electron chi connectivity index (χ3n) is 3.52. The summed E-state index contributed by atoms with van der Waals surface area (Å²) >= 11 is 1.86. The lowest BCUT2D eigenvalue weighted by Crippen LogP contribution is -2.12. The second-order valence-electron chi connectivity index (χ2n) is 4.80. The largest absolute Gasteiger partial charge is 0.493 e. The van der Waals surface area contributed by atoms with Gasteiger partial charge in [-0.15, -0.1) is 11.8 Å². The molecule has 1 aliphatic rings. The van der Waals surface area contributed by atoms with Crippen LogP contribution < -0.4 is 14.2 Å². The summed E-state index contributed by atoms with van der Waals surface area (Å²) in [5.74, 6) is 2.36. The average Bonchev–Trinajstić information content (AvgIpc) is 2.55. The van der Waals surface area contributed by atoms with Crippen LogP contribution in [0.4, 0.5) is 0 Å². The fourth-order valence-corrected chi connectivity index (χ4v) is 3.64. The molecule has 1 aliphatic heterocycles. The number of ether oxygens (including phenoxy) is 3. The Morgan fingerprint density at radius 1 is 1.05 bits per heavy atom. The van der Waals surface area contributed by atoms with Gasteiger partial charge in [-0.25, -0.2) is 0 Å².